The third-order valence-electron chi connectivity index (χ3n) is 2.35. The smallest absolute Gasteiger partial charge is 0.153 e. The molecule has 0 saturated carbocycles. The fraction of sp³-hybridized carbons (Fsp3) is 0.167. The minimum Gasteiger partial charge on any atom is -0.298 e. The van der Waals surface area contributed by atoms with Crippen molar-refractivity contribution in [3.63, 3.8) is 0 Å². The average molecular weight is 217 g/mol. The highest BCUT2D eigenvalue weighted by Crippen LogP contribution is 2.29. The molecule has 0 aliphatic carbocycles. The molecule has 0 saturated heterocycles. The number of hydrogen-bond acceptors (Lipinski definition) is 3. The summed E-state index contributed by atoms with van der Waals surface area (Å²) in [6.07, 6.45) is 2.48. The summed E-state index contributed by atoms with van der Waals surface area (Å²) < 4.78 is 4.04. The lowest BCUT2D eigenvalue weighted by Gasteiger charge is -2.04. The second kappa shape index (κ2) is 3.95. The lowest BCUT2D eigenvalue weighted by atomic mass is 10.0. The normalized spacial score (nSPS) is 10.3. The van der Waals surface area contributed by atoms with Crippen LogP contribution in [0.3, 0.4) is 0 Å². The van der Waals surface area contributed by atoms with Crippen LogP contribution in [-0.2, 0) is 0 Å². The zero-order chi connectivity index (χ0) is 10.8. The lowest BCUT2D eigenvalue weighted by Crippen LogP contribution is -1.85. The van der Waals surface area contributed by atoms with Crippen molar-refractivity contribution < 1.29 is 4.79 Å². The highest BCUT2D eigenvalue weighted by atomic mass is 32.1. The standard InChI is InChI=1S/C12H11NOS/c1-8-3-4-11(9(2)5-8)12-10(7-14)6-13-15-12/h3-7H,1-2H3. The van der Waals surface area contributed by atoms with Crippen molar-refractivity contribution in [2.45, 2.75) is 13.8 Å². The number of rotatable bonds is 2. The maximum absolute atomic E-state index is 10.8. The predicted octanol–water partition coefficient (Wildman–Crippen LogP) is 3.24. The molecule has 1 heterocycles. The summed E-state index contributed by atoms with van der Waals surface area (Å²) in [5.41, 5.74) is 4.19. The first kappa shape index (κ1) is 10.1. The zero-order valence-electron chi connectivity index (χ0n) is 8.65. The molecule has 0 spiro atoms. The fourth-order valence-corrected chi connectivity index (χ4v) is 2.41. The monoisotopic (exact) mass is 217 g/mol. The third kappa shape index (κ3) is 1.83. The molecule has 0 radical (unpaired) electrons. The van der Waals surface area contributed by atoms with Gasteiger partial charge in [0.1, 0.15) is 0 Å². The van der Waals surface area contributed by atoms with Crippen LogP contribution in [-0.4, -0.2) is 10.7 Å². The maximum Gasteiger partial charge on any atom is 0.153 e. The van der Waals surface area contributed by atoms with E-state index in [9.17, 15) is 4.79 Å². The molecule has 2 rings (SSSR count). The molecular weight excluding hydrogens is 206 g/mol. The molecule has 15 heavy (non-hydrogen) atoms. The van der Waals surface area contributed by atoms with Gasteiger partial charge >= 0.3 is 0 Å². The first-order chi connectivity index (χ1) is 7.22. The number of nitrogens with zero attached hydrogens (tertiary/aromatic N) is 1. The average Bonchev–Trinajstić information content (AvgIpc) is 2.65. The van der Waals surface area contributed by atoms with Gasteiger partial charge in [-0.1, -0.05) is 23.8 Å². The van der Waals surface area contributed by atoms with Gasteiger partial charge < -0.3 is 0 Å². The fourth-order valence-electron chi connectivity index (χ4n) is 1.60. The van der Waals surface area contributed by atoms with Crippen molar-refractivity contribution in [2.75, 3.05) is 0 Å². The predicted molar refractivity (Wildman–Crippen MR) is 62.4 cm³/mol. The van der Waals surface area contributed by atoms with Crippen molar-refractivity contribution in [1.82, 2.24) is 4.37 Å². The van der Waals surface area contributed by atoms with E-state index in [1.54, 1.807) is 6.20 Å². The van der Waals surface area contributed by atoms with Crippen LogP contribution >= 0.6 is 11.5 Å². The van der Waals surface area contributed by atoms with Gasteiger partial charge in [-0.05, 0) is 36.5 Å². The largest absolute Gasteiger partial charge is 0.298 e. The Morgan fingerprint density at radius 2 is 2.13 bits per heavy atom. The molecule has 76 valence electrons. The Labute approximate surface area is 92.7 Å². The number of carbonyl (C=O) groups excluding carboxylic acids is 1. The van der Waals surface area contributed by atoms with Crippen LogP contribution in [0.25, 0.3) is 10.4 Å². The number of hydrogen-bond donors (Lipinski definition) is 0. The maximum atomic E-state index is 10.8. The molecule has 1 aromatic carbocycles. The van der Waals surface area contributed by atoms with Gasteiger partial charge in [-0.15, -0.1) is 0 Å². The van der Waals surface area contributed by atoms with Crippen LogP contribution in [0.1, 0.15) is 21.5 Å². The van der Waals surface area contributed by atoms with E-state index in [0.717, 1.165) is 16.7 Å². The van der Waals surface area contributed by atoms with Crippen molar-refractivity contribution >= 4 is 17.8 Å². The molecule has 0 atom stereocenters. The quantitative estimate of drug-likeness (QED) is 0.723. The minimum absolute atomic E-state index is 0.673. The summed E-state index contributed by atoms with van der Waals surface area (Å²) >= 11 is 1.37. The molecule has 2 aromatic rings. The van der Waals surface area contributed by atoms with Gasteiger partial charge in [-0.2, -0.15) is 4.37 Å². The molecule has 0 bridgehead atoms. The van der Waals surface area contributed by atoms with E-state index in [2.05, 4.69) is 30.4 Å². The van der Waals surface area contributed by atoms with Gasteiger partial charge in [0.2, 0.25) is 0 Å². The number of benzene rings is 1. The highest BCUT2D eigenvalue weighted by Gasteiger charge is 2.09. The van der Waals surface area contributed by atoms with Gasteiger partial charge in [-0.3, -0.25) is 4.79 Å². The molecule has 0 fully saturated rings. The Bertz CT molecular complexity index is 502. The van der Waals surface area contributed by atoms with Crippen LogP contribution in [0.2, 0.25) is 0 Å². The molecule has 0 amide bonds. The van der Waals surface area contributed by atoms with Crippen LogP contribution in [0, 0.1) is 13.8 Å². The van der Waals surface area contributed by atoms with Crippen molar-refractivity contribution in [3.05, 3.63) is 41.1 Å². The molecule has 0 unspecified atom stereocenters. The highest BCUT2D eigenvalue weighted by molar-refractivity contribution is 7.10. The molecule has 0 N–H and O–H groups in total. The summed E-state index contributed by atoms with van der Waals surface area (Å²) in [5.74, 6) is 0. The first-order valence-corrected chi connectivity index (χ1v) is 5.47. The first-order valence-electron chi connectivity index (χ1n) is 4.70. The Hall–Kier alpha value is -1.48. The molecule has 0 aliphatic heterocycles. The molecule has 0 aliphatic rings. The van der Waals surface area contributed by atoms with Gasteiger partial charge in [0.05, 0.1) is 16.6 Å². The van der Waals surface area contributed by atoms with E-state index in [1.165, 1.54) is 22.7 Å². The van der Waals surface area contributed by atoms with Crippen LogP contribution in [0.4, 0.5) is 0 Å². The van der Waals surface area contributed by atoms with Crippen molar-refractivity contribution in [2.24, 2.45) is 0 Å². The second-order valence-electron chi connectivity index (χ2n) is 3.55. The van der Waals surface area contributed by atoms with E-state index in [4.69, 9.17) is 0 Å². The van der Waals surface area contributed by atoms with E-state index in [0.29, 0.717) is 5.56 Å². The van der Waals surface area contributed by atoms with Gasteiger partial charge in [0, 0.05) is 0 Å². The van der Waals surface area contributed by atoms with Crippen LogP contribution < -0.4 is 0 Å². The molecule has 2 nitrogen and oxygen atoms in total. The molecule has 1 aromatic heterocycles. The topological polar surface area (TPSA) is 30.0 Å². The van der Waals surface area contributed by atoms with E-state index >= 15 is 0 Å². The van der Waals surface area contributed by atoms with E-state index < -0.39 is 0 Å². The molecule has 3 heteroatoms. The SMILES string of the molecule is Cc1ccc(-c2sncc2C=O)c(C)c1. The number of carbonyl (C=O) groups is 1. The van der Waals surface area contributed by atoms with Gasteiger partial charge in [-0.25, -0.2) is 0 Å². The molecular formula is C12H11NOS. The van der Waals surface area contributed by atoms with Crippen molar-refractivity contribution in [1.29, 1.82) is 0 Å². The van der Waals surface area contributed by atoms with Gasteiger partial charge in [0.15, 0.2) is 6.29 Å². The summed E-state index contributed by atoms with van der Waals surface area (Å²) in [4.78, 5) is 11.8. The lowest BCUT2D eigenvalue weighted by molar-refractivity contribution is 0.112. The summed E-state index contributed by atoms with van der Waals surface area (Å²) in [6.45, 7) is 4.11. The number of aromatic nitrogens is 1. The van der Waals surface area contributed by atoms with E-state index in [1.807, 2.05) is 6.07 Å². The minimum atomic E-state index is 0.673. The Morgan fingerprint density at radius 1 is 1.33 bits per heavy atom. The second-order valence-corrected chi connectivity index (χ2v) is 4.35. The van der Waals surface area contributed by atoms with Crippen LogP contribution in [0.5, 0.6) is 0 Å². The Morgan fingerprint density at radius 3 is 2.80 bits per heavy atom. The summed E-state index contributed by atoms with van der Waals surface area (Å²) in [7, 11) is 0. The van der Waals surface area contributed by atoms with E-state index in [-0.39, 0.29) is 0 Å². The Kier molecular flexibility index (Phi) is 2.64. The third-order valence-corrected chi connectivity index (χ3v) is 3.20. The van der Waals surface area contributed by atoms with Gasteiger partial charge in [0.25, 0.3) is 0 Å². The number of aryl methyl sites for hydroxylation is 2. The summed E-state index contributed by atoms with van der Waals surface area (Å²) in [5, 5.41) is 0. The number of aldehydes is 1. The van der Waals surface area contributed by atoms with Crippen molar-refractivity contribution in [3.8, 4) is 10.4 Å². The zero-order valence-corrected chi connectivity index (χ0v) is 9.47. The Balaban J connectivity index is 2.59. The van der Waals surface area contributed by atoms with Crippen LogP contribution in [0.15, 0.2) is 24.4 Å². The summed E-state index contributed by atoms with van der Waals surface area (Å²) in [6, 6.07) is 6.21.